The Labute approximate surface area is 180 Å². The number of carboxylic acids is 1. The van der Waals surface area contributed by atoms with Crippen LogP contribution in [0.25, 0.3) is 16.9 Å². The number of imide groups is 1. The molecule has 0 atom stereocenters. The van der Waals surface area contributed by atoms with Crippen molar-refractivity contribution in [2.24, 2.45) is 0 Å². The molecular formula is C22H14ClFN2O5. The Kier molecular flexibility index (Phi) is 5.31. The van der Waals surface area contributed by atoms with Crippen molar-refractivity contribution in [1.82, 2.24) is 10.6 Å². The Morgan fingerprint density at radius 1 is 1.03 bits per heavy atom. The number of halogens is 2. The highest BCUT2D eigenvalue weighted by Crippen LogP contribution is 2.32. The van der Waals surface area contributed by atoms with E-state index >= 15 is 0 Å². The molecule has 1 aliphatic rings. The molecule has 7 nitrogen and oxygen atoms in total. The van der Waals surface area contributed by atoms with Gasteiger partial charge in [-0.25, -0.2) is 14.0 Å². The topological polar surface area (TPSA) is 109 Å². The Bertz CT molecular complexity index is 1250. The van der Waals surface area contributed by atoms with Gasteiger partial charge in [-0.3, -0.25) is 10.1 Å². The highest BCUT2D eigenvalue weighted by Gasteiger charge is 2.28. The summed E-state index contributed by atoms with van der Waals surface area (Å²) in [4.78, 5) is 35.2. The van der Waals surface area contributed by atoms with Gasteiger partial charge in [-0.05, 0) is 48.0 Å². The first-order valence-electron chi connectivity index (χ1n) is 9.05. The standard InChI is InChI=1S/C22H14ClFN2O5/c23-16-6-3-12(10-14(16)21(28)29)17-7-8-18(31-17)15(19-20(27)26-22(30)25-19)9-11-1-4-13(24)5-2-11/h1-8,10H,9H2,(H,28,29)(H2,25,26,27,30). The van der Waals surface area contributed by atoms with Crippen LogP contribution in [0.3, 0.4) is 0 Å². The quantitative estimate of drug-likeness (QED) is 0.406. The maximum atomic E-state index is 13.3. The van der Waals surface area contributed by atoms with Crippen molar-refractivity contribution < 1.29 is 28.3 Å². The number of furan rings is 1. The van der Waals surface area contributed by atoms with E-state index in [0.29, 0.717) is 28.2 Å². The van der Waals surface area contributed by atoms with Crippen molar-refractivity contribution in [3.05, 3.63) is 88.0 Å². The molecule has 9 heteroatoms. The molecule has 1 saturated heterocycles. The molecule has 0 saturated carbocycles. The molecule has 3 N–H and O–H groups in total. The largest absolute Gasteiger partial charge is 0.478 e. The Hall–Kier alpha value is -3.91. The van der Waals surface area contributed by atoms with Gasteiger partial charge < -0.3 is 14.8 Å². The Morgan fingerprint density at radius 3 is 2.42 bits per heavy atom. The van der Waals surface area contributed by atoms with Crippen molar-refractivity contribution in [3.63, 3.8) is 0 Å². The van der Waals surface area contributed by atoms with E-state index in [9.17, 15) is 23.9 Å². The van der Waals surface area contributed by atoms with Crippen LogP contribution in [0, 0.1) is 5.82 Å². The number of benzene rings is 2. The minimum absolute atomic E-state index is 0.0255. The van der Waals surface area contributed by atoms with E-state index in [-0.39, 0.29) is 22.7 Å². The van der Waals surface area contributed by atoms with Crippen LogP contribution >= 0.6 is 11.6 Å². The molecule has 0 unspecified atom stereocenters. The van der Waals surface area contributed by atoms with Crippen molar-refractivity contribution >= 4 is 35.1 Å². The van der Waals surface area contributed by atoms with Gasteiger partial charge in [0.15, 0.2) is 0 Å². The van der Waals surface area contributed by atoms with Gasteiger partial charge in [-0.2, -0.15) is 0 Å². The first-order chi connectivity index (χ1) is 14.8. The Balaban J connectivity index is 1.76. The van der Waals surface area contributed by atoms with Gasteiger partial charge in [0.1, 0.15) is 23.0 Å². The van der Waals surface area contributed by atoms with E-state index in [2.05, 4.69) is 10.6 Å². The molecule has 156 valence electrons. The zero-order chi connectivity index (χ0) is 22.1. The van der Waals surface area contributed by atoms with Gasteiger partial charge in [0.05, 0.1) is 10.6 Å². The highest BCUT2D eigenvalue weighted by atomic mass is 35.5. The molecule has 0 radical (unpaired) electrons. The summed E-state index contributed by atoms with van der Waals surface area (Å²) in [7, 11) is 0. The number of rotatable bonds is 5. The number of allylic oxidation sites excluding steroid dienone is 1. The molecule has 1 aromatic heterocycles. The number of aromatic carboxylic acids is 1. The number of carbonyl (C=O) groups excluding carboxylic acids is 2. The van der Waals surface area contributed by atoms with Crippen LogP contribution in [-0.2, 0) is 11.2 Å². The minimum atomic E-state index is -1.18. The number of carboxylic acid groups (broad SMARTS) is 1. The third kappa shape index (κ3) is 4.19. The van der Waals surface area contributed by atoms with Gasteiger partial charge in [-0.15, -0.1) is 0 Å². The van der Waals surface area contributed by atoms with Crippen LogP contribution < -0.4 is 10.6 Å². The predicted molar refractivity (Wildman–Crippen MR) is 110 cm³/mol. The van der Waals surface area contributed by atoms with E-state index in [4.69, 9.17) is 16.0 Å². The minimum Gasteiger partial charge on any atom is -0.478 e. The molecule has 0 spiro atoms. The average Bonchev–Trinajstić information content (AvgIpc) is 3.34. The number of hydrogen-bond acceptors (Lipinski definition) is 4. The molecule has 2 heterocycles. The van der Waals surface area contributed by atoms with Gasteiger partial charge in [-0.1, -0.05) is 23.7 Å². The van der Waals surface area contributed by atoms with E-state index in [1.54, 1.807) is 30.3 Å². The average molecular weight is 441 g/mol. The van der Waals surface area contributed by atoms with E-state index in [1.165, 1.54) is 24.3 Å². The normalized spacial score (nSPS) is 14.9. The lowest BCUT2D eigenvalue weighted by atomic mass is 10.0. The van der Waals surface area contributed by atoms with Gasteiger partial charge in [0, 0.05) is 17.6 Å². The van der Waals surface area contributed by atoms with Gasteiger partial charge >= 0.3 is 12.0 Å². The van der Waals surface area contributed by atoms with Crippen LogP contribution in [0.4, 0.5) is 9.18 Å². The van der Waals surface area contributed by atoms with Crippen molar-refractivity contribution in [2.75, 3.05) is 0 Å². The lowest BCUT2D eigenvalue weighted by Crippen LogP contribution is -2.22. The highest BCUT2D eigenvalue weighted by molar-refractivity contribution is 6.33. The molecule has 4 rings (SSSR count). The number of nitrogens with one attached hydrogen (secondary N) is 2. The maximum absolute atomic E-state index is 13.3. The smallest absolute Gasteiger partial charge is 0.337 e. The SMILES string of the molecule is O=C1NC(=O)C(=C(Cc2ccc(F)cc2)c2ccc(-c3ccc(Cl)c(C(=O)O)c3)o2)N1. The number of carbonyl (C=O) groups is 3. The fraction of sp³-hybridized carbons (Fsp3) is 0.0455. The molecule has 3 aromatic rings. The summed E-state index contributed by atoms with van der Waals surface area (Å²) < 4.78 is 19.2. The first kappa shape index (κ1) is 20.4. The van der Waals surface area contributed by atoms with E-state index < -0.39 is 23.7 Å². The van der Waals surface area contributed by atoms with E-state index in [0.717, 1.165) is 0 Å². The number of urea groups is 1. The fourth-order valence-corrected chi connectivity index (χ4v) is 3.38. The molecule has 1 aliphatic heterocycles. The van der Waals surface area contributed by atoms with Crippen LogP contribution in [0.1, 0.15) is 21.7 Å². The summed E-state index contributed by atoms with van der Waals surface area (Å²) in [6.07, 6.45) is 0.178. The van der Waals surface area contributed by atoms with Gasteiger partial charge in [0.2, 0.25) is 0 Å². The first-order valence-corrected chi connectivity index (χ1v) is 9.43. The van der Waals surface area contributed by atoms with Crippen molar-refractivity contribution in [1.29, 1.82) is 0 Å². The summed E-state index contributed by atoms with van der Waals surface area (Å²) in [5.41, 5.74) is 1.49. The lowest BCUT2D eigenvalue weighted by molar-refractivity contribution is -0.115. The number of hydrogen-bond donors (Lipinski definition) is 3. The zero-order valence-electron chi connectivity index (χ0n) is 15.7. The van der Waals surface area contributed by atoms with Gasteiger partial charge in [0.25, 0.3) is 5.91 Å². The second-order valence-electron chi connectivity index (χ2n) is 6.73. The van der Waals surface area contributed by atoms with Crippen LogP contribution in [0.5, 0.6) is 0 Å². The molecule has 3 amide bonds. The van der Waals surface area contributed by atoms with E-state index in [1.807, 2.05) is 0 Å². The molecule has 1 fully saturated rings. The molecule has 0 bridgehead atoms. The predicted octanol–water partition coefficient (Wildman–Crippen LogP) is 4.23. The molecule has 2 aromatic carbocycles. The lowest BCUT2D eigenvalue weighted by Gasteiger charge is -2.09. The summed E-state index contributed by atoms with van der Waals surface area (Å²) >= 11 is 5.92. The van der Waals surface area contributed by atoms with Crippen molar-refractivity contribution in [2.45, 2.75) is 6.42 Å². The maximum Gasteiger partial charge on any atom is 0.337 e. The molecular weight excluding hydrogens is 427 g/mol. The zero-order valence-corrected chi connectivity index (χ0v) is 16.5. The molecule has 0 aliphatic carbocycles. The summed E-state index contributed by atoms with van der Waals surface area (Å²) in [5.74, 6) is -1.56. The van der Waals surface area contributed by atoms with Crippen LogP contribution in [0.15, 0.2) is 64.7 Å². The summed E-state index contributed by atoms with van der Waals surface area (Å²) in [6, 6.07) is 12.7. The third-order valence-electron chi connectivity index (χ3n) is 4.67. The van der Waals surface area contributed by atoms with Crippen LogP contribution in [0.2, 0.25) is 5.02 Å². The fourth-order valence-electron chi connectivity index (χ4n) is 3.18. The van der Waals surface area contributed by atoms with Crippen molar-refractivity contribution in [3.8, 4) is 11.3 Å². The third-order valence-corrected chi connectivity index (χ3v) is 5.00. The Morgan fingerprint density at radius 2 is 1.77 bits per heavy atom. The summed E-state index contributed by atoms with van der Waals surface area (Å²) in [6.45, 7) is 0. The second kappa shape index (κ2) is 8.08. The van der Waals surface area contributed by atoms with Crippen LogP contribution in [-0.4, -0.2) is 23.0 Å². The second-order valence-corrected chi connectivity index (χ2v) is 7.14. The monoisotopic (exact) mass is 440 g/mol. The summed E-state index contributed by atoms with van der Waals surface area (Å²) in [5, 5.41) is 14.0. The number of amides is 3. The molecule has 31 heavy (non-hydrogen) atoms.